The van der Waals surface area contributed by atoms with Crippen LogP contribution in [0.15, 0.2) is 84.9 Å². The molecule has 5 aromatic rings. The van der Waals surface area contributed by atoms with Crippen molar-refractivity contribution in [2.75, 3.05) is 11.9 Å². The highest BCUT2D eigenvalue weighted by Gasteiger charge is 2.21. The summed E-state index contributed by atoms with van der Waals surface area (Å²) < 4.78 is 5.65. The maximum atomic E-state index is 5.65. The van der Waals surface area contributed by atoms with Crippen molar-refractivity contribution in [3.63, 3.8) is 0 Å². The molecule has 170 valence electrons. The van der Waals surface area contributed by atoms with Crippen LogP contribution in [0.25, 0.3) is 21.3 Å². The fourth-order valence-electron chi connectivity index (χ4n) is 4.34. The SMILES string of the molecule is CCOc1ccc(-c2c(C)sc3nc(C)nc(NC(c4ccccc4)c4ccccc4)c23)cc1. The highest BCUT2D eigenvalue weighted by molar-refractivity contribution is 7.19. The molecule has 34 heavy (non-hydrogen) atoms. The van der Waals surface area contributed by atoms with Crippen LogP contribution in [0, 0.1) is 13.8 Å². The van der Waals surface area contributed by atoms with Gasteiger partial charge < -0.3 is 10.1 Å². The monoisotopic (exact) mass is 465 g/mol. The Balaban J connectivity index is 1.65. The standard InChI is InChI=1S/C29H27N3OS/c1-4-33-24-17-15-21(16-18-24)25-19(2)34-29-26(25)28(30-20(3)31-29)32-27(22-11-7-5-8-12-22)23-13-9-6-10-14-23/h5-18,27H,4H2,1-3H3,(H,30,31,32). The first-order valence-electron chi connectivity index (χ1n) is 11.5. The Labute approximate surface area is 204 Å². The number of nitrogens with zero attached hydrogens (tertiary/aromatic N) is 2. The number of thiophene rings is 1. The largest absolute Gasteiger partial charge is 0.494 e. The molecule has 0 bridgehead atoms. The molecule has 0 saturated carbocycles. The van der Waals surface area contributed by atoms with Gasteiger partial charge in [0.25, 0.3) is 0 Å². The van der Waals surface area contributed by atoms with E-state index in [1.807, 2.05) is 38.1 Å². The zero-order chi connectivity index (χ0) is 23.5. The van der Waals surface area contributed by atoms with Gasteiger partial charge in [0, 0.05) is 10.4 Å². The lowest BCUT2D eigenvalue weighted by atomic mass is 9.98. The molecule has 4 nitrogen and oxygen atoms in total. The molecule has 0 aliphatic heterocycles. The molecule has 1 N–H and O–H groups in total. The van der Waals surface area contributed by atoms with E-state index in [2.05, 4.69) is 72.9 Å². The summed E-state index contributed by atoms with van der Waals surface area (Å²) in [5.41, 5.74) is 4.68. The first-order valence-corrected chi connectivity index (χ1v) is 12.3. The summed E-state index contributed by atoms with van der Waals surface area (Å²) in [6.07, 6.45) is 0. The van der Waals surface area contributed by atoms with Gasteiger partial charge in [0.2, 0.25) is 0 Å². The molecule has 5 heteroatoms. The van der Waals surface area contributed by atoms with Crippen molar-refractivity contribution < 1.29 is 4.74 Å². The van der Waals surface area contributed by atoms with Gasteiger partial charge in [-0.15, -0.1) is 11.3 Å². The number of rotatable bonds is 7. The number of benzene rings is 3. The van der Waals surface area contributed by atoms with Crippen LogP contribution >= 0.6 is 11.3 Å². The molecule has 0 aliphatic carbocycles. The van der Waals surface area contributed by atoms with Gasteiger partial charge in [0.15, 0.2) is 0 Å². The van der Waals surface area contributed by atoms with Crippen LogP contribution in [0.5, 0.6) is 5.75 Å². The molecule has 5 rings (SSSR count). The van der Waals surface area contributed by atoms with E-state index in [1.165, 1.54) is 21.6 Å². The molecule has 0 amide bonds. The van der Waals surface area contributed by atoms with Crippen molar-refractivity contribution in [1.29, 1.82) is 0 Å². The summed E-state index contributed by atoms with van der Waals surface area (Å²) in [5, 5.41) is 4.85. The number of aromatic nitrogens is 2. The summed E-state index contributed by atoms with van der Waals surface area (Å²) >= 11 is 1.71. The summed E-state index contributed by atoms with van der Waals surface area (Å²) in [6, 6.07) is 29.3. The second kappa shape index (κ2) is 9.65. The van der Waals surface area contributed by atoms with Crippen LogP contribution in [0.2, 0.25) is 0 Å². The predicted molar refractivity (Wildman–Crippen MR) is 142 cm³/mol. The van der Waals surface area contributed by atoms with E-state index in [0.29, 0.717) is 6.61 Å². The molecule has 3 aromatic carbocycles. The van der Waals surface area contributed by atoms with E-state index in [9.17, 15) is 0 Å². The molecule has 0 unspecified atom stereocenters. The van der Waals surface area contributed by atoms with E-state index >= 15 is 0 Å². The number of nitrogens with one attached hydrogen (secondary N) is 1. The van der Waals surface area contributed by atoms with Gasteiger partial charge in [0.1, 0.15) is 22.2 Å². The molecule has 2 heterocycles. The highest BCUT2D eigenvalue weighted by Crippen LogP contribution is 2.42. The Morgan fingerprint density at radius 2 is 1.44 bits per heavy atom. The van der Waals surface area contributed by atoms with Crippen LogP contribution in [-0.2, 0) is 0 Å². The molecule has 0 radical (unpaired) electrons. The Bertz CT molecular complexity index is 1360. The minimum Gasteiger partial charge on any atom is -0.494 e. The summed E-state index contributed by atoms with van der Waals surface area (Å²) in [4.78, 5) is 11.9. The Morgan fingerprint density at radius 3 is 2.03 bits per heavy atom. The maximum absolute atomic E-state index is 5.65. The Hall–Kier alpha value is -3.70. The summed E-state index contributed by atoms with van der Waals surface area (Å²) in [7, 11) is 0. The molecule has 0 fully saturated rings. The number of hydrogen-bond donors (Lipinski definition) is 1. The fourth-order valence-corrected chi connectivity index (χ4v) is 5.43. The lowest BCUT2D eigenvalue weighted by Gasteiger charge is -2.21. The third-order valence-electron chi connectivity index (χ3n) is 5.84. The van der Waals surface area contributed by atoms with Crippen molar-refractivity contribution in [3.8, 4) is 16.9 Å². The average Bonchev–Trinajstić information content (AvgIpc) is 3.19. The van der Waals surface area contributed by atoms with Gasteiger partial charge >= 0.3 is 0 Å². The number of ether oxygens (including phenoxy) is 1. The van der Waals surface area contributed by atoms with E-state index < -0.39 is 0 Å². The van der Waals surface area contributed by atoms with E-state index in [-0.39, 0.29) is 6.04 Å². The first-order chi connectivity index (χ1) is 16.6. The third-order valence-corrected chi connectivity index (χ3v) is 6.84. The number of aryl methyl sites for hydroxylation is 2. The molecule has 0 spiro atoms. The Kier molecular flexibility index (Phi) is 6.28. The number of hydrogen-bond acceptors (Lipinski definition) is 5. The van der Waals surface area contributed by atoms with Gasteiger partial charge in [-0.3, -0.25) is 0 Å². The van der Waals surface area contributed by atoms with Crippen LogP contribution < -0.4 is 10.1 Å². The zero-order valence-corrected chi connectivity index (χ0v) is 20.4. The van der Waals surface area contributed by atoms with Gasteiger partial charge in [0.05, 0.1) is 18.0 Å². The van der Waals surface area contributed by atoms with Gasteiger partial charge in [-0.2, -0.15) is 0 Å². The van der Waals surface area contributed by atoms with Gasteiger partial charge in [-0.1, -0.05) is 72.8 Å². The maximum Gasteiger partial charge on any atom is 0.139 e. The highest BCUT2D eigenvalue weighted by atomic mass is 32.1. The van der Waals surface area contributed by atoms with Crippen molar-refractivity contribution in [2.24, 2.45) is 0 Å². The van der Waals surface area contributed by atoms with E-state index in [0.717, 1.165) is 33.2 Å². The average molecular weight is 466 g/mol. The Morgan fingerprint density at radius 1 is 0.824 bits per heavy atom. The quantitative estimate of drug-likeness (QED) is 0.269. The van der Waals surface area contributed by atoms with Crippen LogP contribution in [0.4, 0.5) is 5.82 Å². The first kappa shape index (κ1) is 22.1. The molecule has 0 saturated heterocycles. The van der Waals surface area contributed by atoms with Crippen molar-refractivity contribution in [3.05, 3.63) is 107 Å². The second-order valence-electron chi connectivity index (χ2n) is 8.19. The van der Waals surface area contributed by atoms with Crippen LogP contribution in [0.3, 0.4) is 0 Å². The fraction of sp³-hybridized carbons (Fsp3) is 0.172. The van der Waals surface area contributed by atoms with Crippen LogP contribution in [-0.4, -0.2) is 16.6 Å². The van der Waals surface area contributed by atoms with E-state index in [4.69, 9.17) is 14.7 Å². The molecule has 0 atom stereocenters. The lowest BCUT2D eigenvalue weighted by Crippen LogP contribution is -2.14. The normalized spacial score (nSPS) is 11.2. The second-order valence-corrected chi connectivity index (χ2v) is 9.39. The molecular formula is C29H27N3OS. The van der Waals surface area contributed by atoms with Gasteiger partial charge in [-0.25, -0.2) is 9.97 Å². The van der Waals surface area contributed by atoms with Crippen LogP contribution in [0.1, 0.15) is 34.8 Å². The van der Waals surface area contributed by atoms with Gasteiger partial charge in [-0.05, 0) is 49.6 Å². The third kappa shape index (κ3) is 4.39. The van der Waals surface area contributed by atoms with E-state index in [1.54, 1.807) is 11.3 Å². The number of anilines is 1. The molecule has 0 aliphatic rings. The minimum absolute atomic E-state index is 0.0340. The molecule has 2 aromatic heterocycles. The lowest BCUT2D eigenvalue weighted by molar-refractivity contribution is 0.340. The summed E-state index contributed by atoms with van der Waals surface area (Å²) in [6.45, 7) is 6.76. The summed E-state index contributed by atoms with van der Waals surface area (Å²) in [5.74, 6) is 2.49. The van der Waals surface area contributed by atoms with Crippen molar-refractivity contribution >= 4 is 27.4 Å². The topological polar surface area (TPSA) is 47.0 Å². The number of fused-ring (bicyclic) bond motifs is 1. The molecular weight excluding hydrogens is 438 g/mol. The minimum atomic E-state index is -0.0340. The predicted octanol–water partition coefficient (Wildman–Crippen LogP) is 7.58. The smallest absolute Gasteiger partial charge is 0.139 e. The van der Waals surface area contributed by atoms with Crippen molar-refractivity contribution in [2.45, 2.75) is 26.8 Å². The van der Waals surface area contributed by atoms with Crippen molar-refractivity contribution in [1.82, 2.24) is 9.97 Å². The zero-order valence-electron chi connectivity index (χ0n) is 19.6.